The van der Waals surface area contributed by atoms with Gasteiger partial charge in [-0.3, -0.25) is 9.69 Å². The molecule has 112 valence electrons. The summed E-state index contributed by atoms with van der Waals surface area (Å²) in [5.41, 5.74) is 2.28. The van der Waals surface area contributed by atoms with Gasteiger partial charge in [0.25, 0.3) is 0 Å². The topological polar surface area (TPSA) is 57.1 Å². The quantitative estimate of drug-likeness (QED) is 0.646. The fraction of sp³-hybridized carbons (Fsp3) is 0.400. The highest BCUT2D eigenvalue weighted by Crippen LogP contribution is 2.09. The number of rotatable bonds is 6. The van der Waals surface area contributed by atoms with Crippen molar-refractivity contribution in [1.82, 2.24) is 10.2 Å². The van der Waals surface area contributed by atoms with Gasteiger partial charge in [-0.2, -0.15) is 5.10 Å². The monoisotopic (exact) mass is 304 g/mol. The second kappa shape index (κ2) is 7.95. The first-order chi connectivity index (χ1) is 10.2. The van der Waals surface area contributed by atoms with Gasteiger partial charge in [-0.25, -0.2) is 0 Å². The van der Waals surface area contributed by atoms with Crippen LogP contribution in [0.1, 0.15) is 25.0 Å². The van der Waals surface area contributed by atoms with Crippen molar-refractivity contribution in [1.29, 1.82) is 0 Å². The fourth-order valence-corrected chi connectivity index (χ4v) is 2.64. The first-order valence-electron chi connectivity index (χ1n) is 7.06. The summed E-state index contributed by atoms with van der Waals surface area (Å²) in [5.74, 6) is 0.406. The highest BCUT2D eigenvalue weighted by atomic mass is 32.2. The largest absolute Gasteiger partial charge is 0.303 e. The van der Waals surface area contributed by atoms with Gasteiger partial charge in [-0.1, -0.05) is 43.8 Å². The molecule has 1 aliphatic rings. The van der Waals surface area contributed by atoms with Crippen LogP contribution >= 0.6 is 11.8 Å². The van der Waals surface area contributed by atoms with Gasteiger partial charge in [0.05, 0.1) is 12.0 Å². The molecule has 1 amide bonds. The van der Waals surface area contributed by atoms with Gasteiger partial charge in [-0.05, 0) is 30.3 Å². The van der Waals surface area contributed by atoms with Gasteiger partial charge < -0.3 is 5.32 Å². The molecule has 0 unspecified atom stereocenters. The molecule has 1 aliphatic heterocycles. The Morgan fingerprint density at radius 3 is 2.86 bits per heavy atom. The van der Waals surface area contributed by atoms with E-state index in [4.69, 9.17) is 0 Å². The molecule has 1 heterocycles. The van der Waals surface area contributed by atoms with E-state index in [2.05, 4.69) is 46.4 Å². The maximum absolute atomic E-state index is 11.0. The second-order valence-corrected chi connectivity index (χ2v) is 5.66. The molecule has 2 rings (SSSR count). The molecule has 1 N–H and O–H groups in total. The molecule has 6 heteroatoms. The third-order valence-corrected chi connectivity index (χ3v) is 4.06. The summed E-state index contributed by atoms with van der Waals surface area (Å²) < 4.78 is 0. The molecule has 5 nitrogen and oxygen atoms in total. The van der Waals surface area contributed by atoms with E-state index in [1.807, 2.05) is 12.1 Å². The van der Waals surface area contributed by atoms with Crippen LogP contribution in [0.3, 0.4) is 0 Å². The average Bonchev–Trinajstić information content (AvgIpc) is 2.91. The summed E-state index contributed by atoms with van der Waals surface area (Å²) in [6, 6.07) is 8.26. The van der Waals surface area contributed by atoms with Crippen molar-refractivity contribution in [2.24, 2.45) is 10.2 Å². The van der Waals surface area contributed by atoms with E-state index in [0.29, 0.717) is 10.9 Å². The number of amidine groups is 1. The Labute approximate surface area is 129 Å². The van der Waals surface area contributed by atoms with E-state index in [-0.39, 0.29) is 5.91 Å². The van der Waals surface area contributed by atoms with Gasteiger partial charge in [0.15, 0.2) is 5.17 Å². The third-order valence-electron chi connectivity index (χ3n) is 3.19. The summed E-state index contributed by atoms with van der Waals surface area (Å²) >= 11 is 1.37. The number of carbonyl (C=O) groups is 1. The van der Waals surface area contributed by atoms with Crippen molar-refractivity contribution < 1.29 is 4.79 Å². The number of thioether (sulfide) groups is 1. The van der Waals surface area contributed by atoms with Crippen molar-refractivity contribution in [2.45, 2.75) is 20.4 Å². The highest BCUT2D eigenvalue weighted by molar-refractivity contribution is 8.15. The lowest BCUT2D eigenvalue weighted by atomic mass is 10.1. The molecule has 0 aliphatic carbocycles. The predicted octanol–water partition coefficient (Wildman–Crippen LogP) is 2.08. The zero-order valence-corrected chi connectivity index (χ0v) is 13.2. The summed E-state index contributed by atoms with van der Waals surface area (Å²) in [6.07, 6.45) is 1.71. The first-order valence-corrected chi connectivity index (χ1v) is 8.04. The summed E-state index contributed by atoms with van der Waals surface area (Å²) in [7, 11) is 0. The number of benzene rings is 1. The Hall–Kier alpha value is -1.66. The van der Waals surface area contributed by atoms with E-state index < -0.39 is 0 Å². The molecule has 21 heavy (non-hydrogen) atoms. The minimum absolute atomic E-state index is 0.0184. The van der Waals surface area contributed by atoms with Gasteiger partial charge in [0, 0.05) is 6.54 Å². The van der Waals surface area contributed by atoms with Crippen molar-refractivity contribution in [3.63, 3.8) is 0 Å². The number of carbonyl (C=O) groups excluding carboxylic acids is 1. The van der Waals surface area contributed by atoms with Crippen LogP contribution in [0.4, 0.5) is 0 Å². The van der Waals surface area contributed by atoms with Crippen LogP contribution in [0.2, 0.25) is 0 Å². The molecule has 0 atom stereocenters. The van der Waals surface area contributed by atoms with Crippen LogP contribution in [0.5, 0.6) is 0 Å². The lowest BCUT2D eigenvalue weighted by molar-refractivity contribution is -0.116. The van der Waals surface area contributed by atoms with Crippen LogP contribution < -0.4 is 5.32 Å². The van der Waals surface area contributed by atoms with Crippen LogP contribution in [0, 0.1) is 0 Å². The lowest BCUT2D eigenvalue weighted by Crippen LogP contribution is -2.22. The molecule has 1 saturated heterocycles. The maximum atomic E-state index is 11.0. The maximum Gasteiger partial charge on any atom is 0.236 e. The molecule has 1 aromatic carbocycles. The zero-order valence-electron chi connectivity index (χ0n) is 12.4. The second-order valence-electron chi connectivity index (χ2n) is 4.69. The SMILES string of the molecule is CCN(CC)Cc1cccc(C=NN=C2NC(=O)CS2)c1. The molecule has 0 bridgehead atoms. The fourth-order valence-electron chi connectivity index (χ4n) is 2.00. The molecule has 1 aromatic rings. The minimum Gasteiger partial charge on any atom is -0.303 e. The van der Waals surface area contributed by atoms with Gasteiger partial charge in [0.1, 0.15) is 0 Å². The van der Waals surface area contributed by atoms with E-state index in [1.54, 1.807) is 6.21 Å². The van der Waals surface area contributed by atoms with Gasteiger partial charge >= 0.3 is 0 Å². The van der Waals surface area contributed by atoms with Crippen molar-refractivity contribution >= 4 is 29.1 Å². The average molecular weight is 304 g/mol. The van der Waals surface area contributed by atoms with Crippen molar-refractivity contribution in [2.75, 3.05) is 18.8 Å². The van der Waals surface area contributed by atoms with Crippen molar-refractivity contribution in [3.05, 3.63) is 35.4 Å². The van der Waals surface area contributed by atoms with E-state index in [0.717, 1.165) is 25.2 Å². The lowest BCUT2D eigenvalue weighted by Gasteiger charge is -2.17. The number of hydrogen-bond acceptors (Lipinski definition) is 5. The molecule has 0 radical (unpaired) electrons. The number of nitrogens with one attached hydrogen (secondary N) is 1. The predicted molar refractivity (Wildman–Crippen MR) is 88.7 cm³/mol. The third kappa shape index (κ3) is 4.99. The van der Waals surface area contributed by atoms with E-state index in [1.165, 1.54) is 17.3 Å². The number of hydrogen-bond donors (Lipinski definition) is 1. The zero-order chi connectivity index (χ0) is 15.1. The molecule has 0 aromatic heterocycles. The molecular formula is C15H20N4OS. The van der Waals surface area contributed by atoms with Crippen LogP contribution in [-0.4, -0.2) is 41.0 Å². The minimum atomic E-state index is -0.0184. The summed E-state index contributed by atoms with van der Waals surface area (Å²) in [4.78, 5) is 13.4. The highest BCUT2D eigenvalue weighted by Gasteiger charge is 2.15. The summed E-state index contributed by atoms with van der Waals surface area (Å²) in [6.45, 7) is 7.35. The number of nitrogens with zero attached hydrogens (tertiary/aromatic N) is 3. The summed E-state index contributed by atoms with van der Waals surface area (Å²) in [5, 5.41) is 11.2. The van der Waals surface area contributed by atoms with Gasteiger partial charge in [0.2, 0.25) is 5.91 Å². The molecule has 0 spiro atoms. The molecular weight excluding hydrogens is 284 g/mol. The first kappa shape index (κ1) is 15.7. The van der Waals surface area contributed by atoms with E-state index in [9.17, 15) is 4.79 Å². The smallest absolute Gasteiger partial charge is 0.236 e. The normalized spacial score (nSPS) is 17.1. The molecule has 0 saturated carbocycles. The van der Waals surface area contributed by atoms with Crippen LogP contribution in [0.25, 0.3) is 0 Å². The Balaban J connectivity index is 1.99. The van der Waals surface area contributed by atoms with Crippen LogP contribution in [-0.2, 0) is 11.3 Å². The Morgan fingerprint density at radius 1 is 1.38 bits per heavy atom. The standard InChI is InChI=1S/C15H20N4OS/c1-3-19(4-2)10-13-7-5-6-12(8-13)9-16-18-15-17-14(20)11-21-15/h5-9H,3-4,10-11H2,1-2H3,(H,17,18,20). The molecule has 1 fully saturated rings. The Kier molecular flexibility index (Phi) is 5.95. The van der Waals surface area contributed by atoms with Gasteiger partial charge in [-0.15, -0.1) is 5.10 Å². The van der Waals surface area contributed by atoms with Crippen molar-refractivity contribution in [3.8, 4) is 0 Å². The Morgan fingerprint density at radius 2 is 2.19 bits per heavy atom. The number of amides is 1. The Bertz CT molecular complexity index is 552. The van der Waals surface area contributed by atoms with Crippen LogP contribution in [0.15, 0.2) is 34.5 Å². The van der Waals surface area contributed by atoms with E-state index >= 15 is 0 Å².